The molecule has 56 nitrogen and oxygen atoms in total. The SMILES string of the molecule is CC(=O)N[C@@H]1[C@@H](O)[C@H](O[C@@H]2O[C@H](CO)[C@@H](O[C@@H]3O[C@H](CO[C@H]4O[C@H](CO)[C@@H](O)[C@H](O)[C@@H]4O[C@@H]4O[C@H](CO)[C@@H](O)[C@H](O[C@@H]5O[C@H](CO)[C@H](OS(=O)(=O)O)[C@H](O)[C@H]5O)[C@H]4NC(C)=O)[C@@H](O)[C@H](O[C@H]4O[C@H](CO)[C@@H](O)[C@H](O)[C@@H]4O[C@@H]4O[C@H](CO)[C@@H](O)[C@H](O[C@@H]5O[C@H](CO)[C@H](OS(=O)(=O)O)[C@H](O)[C@H]5O)[C@H]4NC(C)=O)[C@@H]3O)[C@H](O)[C@H]2NC(C)=O)[C@@H](CO)O[C@H]1O. The molecule has 0 aliphatic carbocycles. The van der Waals surface area contributed by atoms with E-state index in [0.29, 0.717) is 0 Å². The minimum absolute atomic E-state index is 0.816. The van der Waals surface area contributed by atoms with Crippen LogP contribution >= 0.6 is 0 Å². The number of ether oxygens (including phenoxy) is 17. The van der Waals surface area contributed by atoms with Crippen molar-refractivity contribution in [2.75, 3.05) is 59.5 Å². The summed E-state index contributed by atoms with van der Waals surface area (Å²) < 4.78 is 175. The van der Waals surface area contributed by atoms with E-state index >= 15 is 0 Å². The maximum absolute atomic E-state index is 13.1. The fraction of sp³-hybridized carbons (Fsp3) is 0.935. The molecule has 0 unspecified atom stereocenters. The predicted octanol–water partition coefficient (Wildman–Crippen LogP) is -20.4. The first-order valence-corrected chi connectivity index (χ1v) is 39.7. The number of aliphatic hydroxyl groups excluding tert-OH is 23. The first-order valence-electron chi connectivity index (χ1n) is 37.0. The van der Waals surface area contributed by atoms with Gasteiger partial charge in [0.2, 0.25) is 23.6 Å². The van der Waals surface area contributed by atoms with Crippen molar-refractivity contribution < 1.29 is 251 Å². The molecule has 9 fully saturated rings. The van der Waals surface area contributed by atoms with Gasteiger partial charge in [0.05, 0.1) is 59.5 Å². The summed E-state index contributed by atoms with van der Waals surface area (Å²) in [6, 6.07) is -7.78. The lowest BCUT2D eigenvalue weighted by molar-refractivity contribution is -0.398. The minimum Gasteiger partial charge on any atom is -0.394 e. The van der Waals surface area contributed by atoms with E-state index in [1.807, 2.05) is 0 Å². The summed E-state index contributed by atoms with van der Waals surface area (Å²) in [4.78, 5) is 51.4. The lowest BCUT2D eigenvalue weighted by atomic mass is 9.93. The highest BCUT2D eigenvalue weighted by atomic mass is 32.3. The van der Waals surface area contributed by atoms with Crippen molar-refractivity contribution in [3.05, 3.63) is 0 Å². The number of hydrogen-bond donors (Lipinski definition) is 29. The molecule has 0 aromatic heterocycles. The third-order valence-electron chi connectivity index (χ3n) is 20.8. The van der Waals surface area contributed by atoms with Gasteiger partial charge in [-0.3, -0.25) is 28.3 Å². The highest BCUT2D eigenvalue weighted by Crippen LogP contribution is 2.41. The topological polar surface area (TPSA) is 866 Å². The van der Waals surface area contributed by atoms with E-state index in [0.717, 1.165) is 27.7 Å². The quantitative estimate of drug-likeness (QED) is 0.0271. The zero-order valence-corrected chi connectivity index (χ0v) is 65.0. The van der Waals surface area contributed by atoms with Gasteiger partial charge in [-0.05, 0) is 0 Å². The second-order valence-electron chi connectivity index (χ2n) is 29.2. The normalized spacial score (nSPS) is 46.7. The van der Waals surface area contributed by atoms with Gasteiger partial charge in [0.25, 0.3) is 0 Å². The van der Waals surface area contributed by atoms with Crippen LogP contribution in [0.25, 0.3) is 0 Å². The molecule has 4 amide bonds. The van der Waals surface area contributed by atoms with E-state index in [9.17, 15) is 163 Å². The molecule has 9 aliphatic rings. The largest absolute Gasteiger partial charge is 0.397 e. The van der Waals surface area contributed by atoms with Crippen molar-refractivity contribution in [1.82, 2.24) is 21.3 Å². The number of rotatable bonds is 33. The zero-order chi connectivity index (χ0) is 88.9. The average Bonchev–Trinajstić information content (AvgIpc) is 0.760. The van der Waals surface area contributed by atoms with Gasteiger partial charge >= 0.3 is 20.8 Å². The molecule has 0 radical (unpaired) electrons. The van der Waals surface area contributed by atoms with Crippen molar-refractivity contribution in [2.24, 2.45) is 0 Å². The molecule has 0 bridgehead atoms. The van der Waals surface area contributed by atoms with E-state index in [1.165, 1.54) is 0 Å². The minimum atomic E-state index is -5.46. The molecule has 0 aromatic carbocycles. The van der Waals surface area contributed by atoms with Crippen LogP contribution in [0, 0.1) is 0 Å². The van der Waals surface area contributed by atoms with Crippen LogP contribution in [0.3, 0.4) is 0 Å². The maximum atomic E-state index is 13.1. The summed E-state index contributed by atoms with van der Waals surface area (Å²) in [5, 5.41) is 268. The van der Waals surface area contributed by atoms with Crippen molar-refractivity contribution in [1.29, 1.82) is 0 Å². The van der Waals surface area contributed by atoms with E-state index in [-0.39, 0.29) is 0 Å². The van der Waals surface area contributed by atoms with Gasteiger partial charge in [0.1, 0.15) is 219 Å². The van der Waals surface area contributed by atoms with Gasteiger partial charge in [0.15, 0.2) is 56.6 Å². The number of aliphatic hydroxyl groups is 23. The monoisotopic (exact) mass is 1800 g/mol. The van der Waals surface area contributed by atoms with Crippen LogP contribution in [0.2, 0.25) is 0 Å². The first-order chi connectivity index (χ1) is 56.4. The molecule has 0 spiro atoms. The van der Waals surface area contributed by atoms with Gasteiger partial charge < -0.3 is 219 Å². The van der Waals surface area contributed by atoms with E-state index in [1.54, 1.807) is 0 Å². The Bertz CT molecular complexity index is 3520. The lowest BCUT2D eigenvalue weighted by Gasteiger charge is -2.51. The van der Waals surface area contributed by atoms with Gasteiger partial charge in [-0.1, -0.05) is 0 Å². The Morgan fingerprint density at radius 2 is 0.525 bits per heavy atom. The van der Waals surface area contributed by atoms with Crippen LogP contribution in [0.5, 0.6) is 0 Å². The molecular formula is C62H104N4O52S2. The summed E-state index contributed by atoms with van der Waals surface area (Å²) >= 11 is 0. The van der Waals surface area contributed by atoms with Crippen molar-refractivity contribution >= 4 is 44.4 Å². The number of nitrogens with one attached hydrogen (secondary N) is 4. The second kappa shape index (κ2) is 42.8. The standard InChI is InChI=1S/C62H104N4O52S2/c1-14(75)63-27-36(84)45(22(9-71)101-54(27)93)110-55-28(64-15(2)76)37(85)46(23(10-72)106-55)111-60-44(92)51(114-62-53(39(87)32(80)19(6-68)105-62)116-57-30(66-17(4)78)50(34(82)21(8-70)103-57)113-59-43(91)41(89)48(25(12-74)108-59)118-120(97,98)99)35(83)26(109-60)13-100-61-52(38(86)31(79)18(5-67)104-61)115-56-29(65-16(3)77)49(33(81)20(7-69)102-56)112-58-42(90)40(88)47(24(11-73)107-58)117-119(94,95)96/h18-62,67-74,79-93H,5-13H2,1-4H3,(H,63,75)(H,64,76)(H,65,77)(H,66,78)(H,94,95,96)(H,97,98,99)/t18-,19-,20-,21-,22-,23-,24-,25-,26-,27-,28-,29-,30-,31-,32-,33-,34-,35-,36-,37-,38+,39+,40-,41-,42-,43-,44+,45-,46-,47+,48+,49-,50-,51+,52+,53+,54-,55+,56+,57+,58+,59+,60+,61+,62-/m1/s1. The number of amides is 4. The molecule has 58 heteroatoms. The Kier molecular flexibility index (Phi) is 35.6. The van der Waals surface area contributed by atoms with Crippen molar-refractivity contribution in [2.45, 2.75) is 304 Å². The summed E-state index contributed by atoms with van der Waals surface area (Å²) in [5.74, 6) is -3.89. The van der Waals surface area contributed by atoms with Gasteiger partial charge in [-0.15, -0.1) is 0 Å². The maximum Gasteiger partial charge on any atom is 0.397 e. The van der Waals surface area contributed by atoms with Gasteiger partial charge in [-0.25, -0.2) is 8.37 Å². The van der Waals surface area contributed by atoms with Crippen LogP contribution in [0.4, 0.5) is 0 Å². The summed E-state index contributed by atoms with van der Waals surface area (Å²) in [5.41, 5.74) is 0. The van der Waals surface area contributed by atoms with Crippen LogP contribution in [-0.4, -0.2) is 503 Å². The average molecular weight is 1800 g/mol. The van der Waals surface area contributed by atoms with Crippen LogP contribution in [0.15, 0.2) is 0 Å². The van der Waals surface area contributed by atoms with Crippen molar-refractivity contribution in [3.63, 3.8) is 0 Å². The van der Waals surface area contributed by atoms with Gasteiger partial charge in [0, 0.05) is 27.7 Å². The molecule has 120 heavy (non-hydrogen) atoms. The smallest absolute Gasteiger partial charge is 0.394 e. The Labute approximate surface area is 678 Å². The Hall–Kier alpha value is -3.98. The van der Waals surface area contributed by atoms with Crippen molar-refractivity contribution in [3.8, 4) is 0 Å². The zero-order valence-electron chi connectivity index (χ0n) is 63.4. The molecule has 9 heterocycles. The second-order valence-corrected chi connectivity index (χ2v) is 31.3. The molecular weight excluding hydrogens is 1700 g/mol. The highest BCUT2D eigenvalue weighted by molar-refractivity contribution is 7.81. The Morgan fingerprint density at radius 3 is 0.933 bits per heavy atom. The van der Waals surface area contributed by atoms with E-state index in [2.05, 4.69) is 29.6 Å². The number of hydrogen-bond acceptors (Lipinski definition) is 50. The molecule has 0 saturated carbocycles. The third-order valence-corrected chi connectivity index (χ3v) is 21.7. The third kappa shape index (κ3) is 23.1. The molecule has 9 saturated heterocycles. The molecule has 696 valence electrons. The first kappa shape index (κ1) is 99.8. The summed E-state index contributed by atoms with van der Waals surface area (Å²) in [6.45, 7) is -7.30. The Balaban J connectivity index is 1.08. The van der Waals surface area contributed by atoms with E-state index < -0.39 is 380 Å². The highest BCUT2D eigenvalue weighted by Gasteiger charge is 2.62. The van der Waals surface area contributed by atoms with Gasteiger partial charge in [-0.2, -0.15) is 16.8 Å². The van der Waals surface area contributed by atoms with Crippen LogP contribution < -0.4 is 21.3 Å². The summed E-state index contributed by atoms with van der Waals surface area (Å²) in [7, 11) is -10.9. The van der Waals surface area contributed by atoms with Crippen LogP contribution in [-0.2, 0) is 129 Å². The predicted molar refractivity (Wildman–Crippen MR) is 364 cm³/mol. The van der Waals surface area contributed by atoms with E-state index in [4.69, 9.17) is 80.5 Å². The molecule has 0 aromatic rings. The molecule has 9 rings (SSSR count). The number of carbonyl (C=O) groups is 4. The molecule has 29 N–H and O–H groups in total. The lowest BCUT2D eigenvalue weighted by Crippen LogP contribution is -2.71. The Morgan fingerprint density at radius 1 is 0.258 bits per heavy atom. The fourth-order valence-corrected chi connectivity index (χ4v) is 16.0. The van der Waals surface area contributed by atoms with Crippen LogP contribution in [0.1, 0.15) is 27.7 Å². The molecule has 45 atom stereocenters. The number of carbonyl (C=O) groups excluding carboxylic acids is 4. The summed E-state index contributed by atoms with van der Waals surface area (Å²) in [6.07, 6.45) is -91.9. The molecule has 9 aliphatic heterocycles. The fourth-order valence-electron chi connectivity index (χ4n) is 14.9.